The van der Waals surface area contributed by atoms with Crippen LogP contribution in [-0.2, 0) is 12.7 Å². The maximum absolute atomic E-state index is 12.7. The van der Waals surface area contributed by atoms with E-state index in [4.69, 9.17) is 4.52 Å². The Morgan fingerprint density at radius 2 is 1.97 bits per heavy atom. The van der Waals surface area contributed by atoms with Gasteiger partial charge in [0.2, 0.25) is 11.7 Å². The van der Waals surface area contributed by atoms with Crippen LogP contribution in [0.4, 0.5) is 13.2 Å². The van der Waals surface area contributed by atoms with E-state index in [9.17, 15) is 13.2 Å². The fourth-order valence-corrected chi connectivity index (χ4v) is 3.26. The van der Waals surface area contributed by atoms with Crippen LogP contribution in [-0.4, -0.2) is 39.7 Å². The van der Waals surface area contributed by atoms with Crippen LogP contribution < -0.4 is 5.32 Å². The first-order valence-corrected chi connectivity index (χ1v) is 8.85. The molecule has 154 valence electrons. The first-order valence-electron chi connectivity index (χ1n) is 8.85. The number of halogens is 4. The summed E-state index contributed by atoms with van der Waals surface area (Å²) in [7, 11) is 0. The summed E-state index contributed by atoms with van der Waals surface area (Å²) in [6.07, 6.45) is -0.797. The first-order chi connectivity index (χ1) is 13.5. The molecule has 2 aromatic heterocycles. The third-order valence-corrected chi connectivity index (χ3v) is 4.70. The molecule has 1 fully saturated rings. The van der Waals surface area contributed by atoms with E-state index >= 15 is 0 Å². The molecule has 1 atom stereocenters. The lowest BCUT2D eigenvalue weighted by Gasteiger charge is -2.35. The molecule has 0 aliphatic carbocycles. The lowest BCUT2D eigenvalue weighted by molar-refractivity contribution is -0.137. The summed E-state index contributed by atoms with van der Waals surface area (Å²) in [4.78, 5) is 10.8. The van der Waals surface area contributed by atoms with E-state index in [1.54, 1.807) is 6.20 Å². The van der Waals surface area contributed by atoms with E-state index in [-0.39, 0.29) is 24.3 Å². The number of nitrogens with one attached hydrogen (secondary N) is 1. The normalized spacial score (nSPS) is 17.7. The van der Waals surface area contributed by atoms with Gasteiger partial charge in [-0.15, -0.1) is 12.4 Å². The largest absolute Gasteiger partial charge is 0.416 e. The number of benzene rings is 1. The maximum Gasteiger partial charge on any atom is 0.416 e. The molecule has 3 aromatic rings. The highest BCUT2D eigenvalue weighted by Crippen LogP contribution is 2.30. The van der Waals surface area contributed by atoms with Crippen LogP contribution in [0.5, 0.6) is 0 Å². The van der Waals surface area contributed by atoms with Gasteiger partial charge in [-0.25, -0.2) is 0 Å². The van der Waals surface area contributed by atoms with Crippen molar-refractivity contribution in [2.24, 2.45) is 0 Å². The number of alkyl halides is 3. The molecule has 0 amide bonds. The predicted molar refractivity (Wildman–Crippen MR) is 102 cm³/mol. The van der Waals surface area contributed by atoms with Crippen LogP contribution in [0.15, 0.2) is 53.3 Å². The Morgan fingerprint density at radius 1 is 1.17 bits per heavy atom. The Balaban J connectivity index is 0.00000240. The van der Waals surface area contributed by atoms with Crippen LogP contribution in [0.2, 0.25) is 0 Å². The van der Waals surface area contributed by atoms with Gasteiger partial charge < -0.3 is 9.84 Å². The molecule has 3 heterocycles. The van der Waals surface area contributed by atoms with Crippen molar-refractivity contribution in [1.29, 1.82) is 0 Å². The van der Waals surface area contributed by atoms with Crippen LogP contribution in [0.1, 0.15) is 23.1 Å². The highest BCUT2D eigenvalue weighted by Gasteiger charge is 2.30. The molecule has 1 aliphatic heterocycles. The van der Waals surface area contributed by atoms with E-state index in [1.807, 2.05) is 18.3 Å². The number of pyridine rings is 1. The highest BCUT2D eigenvalue weighted by atomic mass is 35.5. The Hall–Kier alpha value is -2.49. The number of nitrogens with zero attached hydrogens (tertiary/aromatic N) is 4. The van der Waals surface area contributed by atoms with Crippen molar-refractivity contribution in [3.8, 4) is 11.4 Å². The van der Waals surface area contributed by atoms with E-state index in [0.717, 1.165) is 37.3 Å². The van der Waals surface area contributed by atoms with Crippen LogP contribution in [0, 0.1) is 0 Å². The monoisotopic (exact) mass is 425 g/mol. The third kappa shape index (κ3) is 4.92. The van der Waals surface area contributed by atoms with Gasteiger partial charge in [-0.3, -0.25) is 9.88 Å². The molecule has 10 heteroatoms. The summed E-state index contributed by atoms with van der Waals surface area (Å²) in [5.74, 6) is 0.697. The van der Waals surface area contributed by atoms with Gasteiger partial charge in [0.15, 0.2) is 0 Å². The molecule has 0 saturated carbocycles. The zero-order valence-corrected chi connectivity index (χ0v) is 16.1. The molecule has 1 aromatic carbocycles. The second-order valence-electron chi connectivity index (χ2n) is 6.56. The zero-order valence-electron chi connectivity index (χ0n) is 15.3. The van der Waals surface area contributed by atoms with Gasteiger partial charge in [-0.05, 0) is 23.8 Å². The fraction of sp³-hybridized carbons (Fsp3) is 0.316. The summed E-state index contributed by atoms with van der Waals surface area (Å²) < 4.78 is 43.4. The van der Waals surface area contributed by atoms with Gasteiger partial charge in [0, 0.05) is 43.6 Å². The number of hydrogen-bond donors (Lipinski definition) is 1. The Morgan fingerprint density at radius 3 is 2.66 bits per heavy atom. The fourth-order valence-electron chi connectivity index (χ4n) is 3.26. The minimum absolute atomic E-state index is 0. The smallest absolute Gasteiger partial charge is 0.338 e. The van der Waals surface area contributed by atoms with Gasteiger partial charge in [0.05, 0.1) is 12.1 Å². The van der Waals surface area contributed by atoms with Gasteiger partial charge >= 0.3 is 6.18 Å². The zero-order chi connectivity index (χ0) is 19.6. The number of aromatic nitrogens is 3. The predicted octanol–water partition coefficient (Wildman–Crippen LogP) is 3.72. The van der Waals surface area contributed by atoms with Crippen molar-refractivity contribution in [2.45, 2.75) is 18.8 Å². The molecule has 1 saturated heterocycles. The lowest BCUT2D eigenvalue weighted by Crippen LogP contribution is -2.45. The van der Waals surface area contributed by atoms with Crippen molar-refractivity contribution in [3.05, 3.63) is 65.8 Å². The van der Waals surface area contributed by atoms with Gasteiger partial charge in [-0.2, -0.15) is 18.2 Å². The number of piperazine rings is 1. The van der Waals surface area contributed by atoms with Gasteiger partial charge in [0.25, 0.3) is 0 Å². The number of rotatable bonds is 4. The summed E-state index contributed by atoms with van der Waals surface area (Å²) in [5, 5.41) is 7.29. The number of hydrogen-bond acceptors (Lipinski definition) is 6. The summed E-state index contributed by atoms with van der Waals surface area (Å²) >= 11 is 0. The quantitative estimate of drug-likeness (QED) is 0.687. The molecule has 1 unspecified atom stereocenters. The van der Waals surface area contributed by atoms with Crippen molar-refractivity contribution < 1.29 is 17.7 Å². The maximum atomic E-state index is 12.7. The highest BCUT2D eigenvalue weighted by molar-refractivity contribution is 5.85. The second-order valence-corrected chi connectivity index (χ2v) is 6.56. The molecule has 1 N–H and O–H groups in total. The lowest BCUT2D eigenvalue weighted by atomic mass is 10.1. The van der Waals surface area contributed by atoms with Crippen molar-refractivity contribution in [3.63, 3.8) is 0 Å². The second kappa shape index (κ2) is 8.89. The van der Waals surface area contributed by atoms with Crippen LogP contribution in [0.25, 0.3) is 11.4 Å². The van der Waals surface area contributed by atoms with E-state index in [0.29, 0.717) is 18.0 Å². The van der Waals surface area contributed by atoms with Crippen LogP contribution in [0.3, 0.4) is 0 Å². The summed E-state index contributed by atoms with van der Waals surface area (Å²) in [6.45, 7) is 2.88. The van der Waals surface area contributed by atoms with Crippen molar-refractivity contribution >= 4 is 12.4 Å². The average Bonchev–Trinajstić information content (AvgIpc) is 3.17. The van der Waals surface area contributed by atoms with Gasteiger partial charge in [0.1, 0.15) is 0 Å². The molecular weight excluding hydrogens is 407 g/mol. The molecular formula is C19H19ClF3N5O. The minimum Gasteiger partial charge on any atom is -0.338 e. The van der Waals surface area contributed by atoms with E-state index in [2.05, 4.69) is 25.3 Å². The van der Waals surface area contributed by atoms with Crippen molar-refractivity contribution in [1.82, 2.24) is 25.3 Å². The molecule has 0 spiro atoms. The molecule has 0 bridgehead atoms. The SMILES string of the molecule is Cl.FC(F)(F)c1ccc(-c2noc(CN3CCNCC3c3cccnc3)n2)cc1. The van der Waals surface area contributed by atoms with Crippen molar-refractivity contribution in [2.75, 3.05) is 19.6 Å². The Labute approximate surface area is 171 Å². The minimum atomic E-state index is -4.37. The molecule has 1 aliphatic rings. The van der Waals surface area contributed by atoms with E-state index in [1.165, 1.54) is 12.1 Å². The molecule has 29 heavy (non-hydrogen) atoms. The topological polar surface area (TPSA) is 67.1 Å². The summed E-state index contributed by atoms with van der Waals surface area (Å²) in [6, 6.07) is 8.78. The Kier molecular flexibility index (Phi) is 6.51. The van der Waals surface area contributed by atoms with E-state index < -0.39 is 11.7 Å². The molecule has 6 nitrogen and oxygen atoms in total. The third-order valence-electron chi connectivity index (χ3n) is 4.70. The van der Waals surface area contributed by atoms with Gasteiger partial charge in [-0.1, -0.05) is 23.4 Å². The summed E-state index contributed by atoms with van der Waals surface area (Å²) in [5.41, 5.74) is 0.865. The average molecular weight is 426 g/mol. The standard InChI is InChI=1S/C19H18F3N5O.ClH/c20-19(21,22)15-5-3-13(4-6-15)18-25-17(28-26-18)12-27-9-8-24-11-16(27)14-2-1-7-23-10-14;/h1-7,10,16,24H,8-9,11-12H2;1H. The molecule has 0 radical (unpaired) electrons. The molecule has 4 rings (SSSR count). The Bertz CT molecular complexity index is 918. The van der Waals surface area contributed by atoms with Crippen LogP contribution >= 0.6 is 12.4 Å². The first kappa shape index (κ1) is 21.2.